The molecule has 4 atom stereocenters. The number of amides is 2. The average Bonchev–Trinajstić information content (AvgIpc) is 3.38. The number of hydrogen-bond donors (Lipinski definition) is 2. The SMILES string of the molecule is Cc1cc(Oc2ccc(C(=O)N[C@H](C)C(=O)N3[C@H](C4(C)C=C(Cl)C=C(F)C4)CC[C@@H]3C(C)(C)C#N)cc2C)c(=O)[nH]n1. The molecule has 4 rings (SSSR count). The minimum Gasteiger partial charge on any atom is -0.451 e. The van der Waals surface area contributed by atoms with Crippen LogP contribution in [-0.4, -0.2) is 45.0 Å². The third kappa shape index (κ3) is 6.26. The third-order valence-electron chi connectivity index (χ3n) is 8.11. The van der Waals surface area contributed by atoms with Gasteiger partial charge >= 0.3 is 5.56 Å². The number of nitriles is 1. The molecule has 1 unspecified atom stereocenters. The number of nitrogens with one attached hydrogen (secondary N) is 2. The van der Waals surface area contributed by atoms with Gasteiger partial charge in [0.25, 0.3) is 5.91 Å². The molecule has 11 heteroatoms. The number of aromatic amines is 1. The molecule has 1 saturated heterocycles. The number of H-pyrrole nitrogens is 1. The van der Waals surface area contributed by atoms with Crippen molar-refractivity contribution in [1.29, 1.82) is 5.26 Å². The largest absolute Gasteiger partial charge is 0.451 e. The molecule has 1 aliphatic heterocycles. The van der Waals surface area contributed by atoms with Crippen LogP contribution in [0, 0.1) is 36.0 Å². The highest BCUT2D eigenvalue weighted by atomic mass is 35.5. The van der Waals surface area contributed by atoms with Crippen LogP contribution in [0.25, 0.3) is 0 Å². The summed E-state index contributed by atoms with van der Waals surface area (Å²) in [6.45, 7) is 10.5. The molecule has 2 aromatic rings. The van der Waals surface area contributed by atoms with Gasteiger partial charge in [-0.1, -0.05) is 24.6 Å². The Balaban J connectivity index is 1.55. The van der Waals surface area contributed by atoms with Gasteiger partial charge in [0.05, 0.1) is 23.2 Å². The summed E-state index contributed by atoms with van der Waals surface area (Å²) in [4.78, 5) is 41.0. The monoisotopic (exact) mass is 595 g/mol. The van der Waals surface area contributed by atoms with Gasteiger partial charge in [-0.15, -0.1) is 0 Å². The van der Waals surface area contributed by atoms with E-state index in [0.29, 0.717) is 35.4 Å². The lowest BCUT2D eigenvalue weighted by atomic mass is 9.75. The zero-order valence-electron chi connectivity index (χ0n) is 24.5. The Kier molecular flexibility index (Phi) is 8.65. The van der Waals surface area contributed by atoms with E-state index in [-0.39, 0.29) is 28.9 Å². The summed E-state index contributed by atoms with van der Waals surface area (Å²) in [5.41, 5.74) is -0.649. The van der Waals surface area contributed by atoms with Crippen molar-refractivity contribution in [3.63, 3.8) is 0 Å². The fourth-order valence-electron chi connectivity index (χ4n) is 5.88. The number of carbonyl (C=O) groups excluding carboxylic acids is 2. The second-order valence-electron chi connectivity index (χ2n) is 12.0. The predicted octanol–water partition coefficient (Wildman–Crippen LogP) is 5.59. The molecule has 1 aromatic heterocycles. The van der Waals surface area contributed by atoms with E-state index in [1.165, 1.54) is 12.1 Å². The fourth-order valence-corrected chi connectivity index (χ4v) is 6.25. The number of benzene rings is 1. The molecular weight excluding hydrogens is 561 g/mol. The molecular formula is C31H35ClFN5O4. The highest BCUT2D eigenvalue weighted by Gasteiger charge is 2.52. The van der Waals surface area contributed by atoms with E-state index in [4.69, 9.17) is 16.3 Å². The summed E-state index contributed by atoms with van der Waals surface area (Å²) >= 11 is 6.24. The number of allylic oxidation sites excluding steroid dienone is 3. The number of hydrogen-bond acceptors (Lipinski definition) is 6. The first-order valence-electron chi connectivity index (χ1n) is 13.8. The van der Waals surface area contributed by atoms with Gasteiger partial charge in [-0.2, -0.15) is 10.4 Å². The molecule has 0 spiro atoms. The van der Waals surface area contributed by atoms with Crippen LogP contribution < -0.4 is 15.6 Å². The molecule has 2 aliphatic rings. The molecule has 1 fully saturated rings. The van der Waals surface area contributed by atoms with Crippen LogP contribution in [0.15, 0.2) is 52.1 Å². The molecule has 2 amide bonds. The Labute approximate surface area is 249 Å². The Morgan fingerprint density at radius 3 is 2.64 bits per heavy atom. The lowest BCUT2D eigenvalue weighted by Gasteiger charge is -2.44. The van der Waals surface area contributed by atoms with E-state index in [2.05, 4.69) is 21.6 Å². The minimum atomic E-state index is -0.934. The summed E-state index contributed by atoms with van der Waals surface area (Å²) in [7, 11) is 0. The average molecular weight is 596 g/mol. The van der Waals surface area contributed by atoms with Crippen molar-refractivity contribution in [1.82, 2.24) is 20.4 Å². The van der Waals surface area contributed by atoms with E-state index in [1.807, 2.05) is 6.92 Å². The Hall–Kier alpha value is -3.97. The topological polar surface area (TPSA) is 128 Å². The molecule has 222 valence electrons. The summed E-state index contributed by atoms with van der Waals surface area (Å²) < 4.78 is 20.3. The number of nitrogens with zero attached hydrogens (tertiary/aromatic N) is 3. The van der Waals surface area contributed by atoms with Crippen LogP contribution in [0.2, 0.25) is 0 Å². The van der Waals surface area contributed by atoms with E-state index in [0.717, 1.165) is 0 Å². The molecule has 2 N–H and O–H groups in total. The standard InChI is InChI=1S/C31H35ClFN5O4/c1-17-11-20(7-8-23(17)42-24-12-18(2)36-37-28(24)40)27(39)35-19(3)29(41)38-25(30(4,5)16-34)9-10-26(38)31(6)14-21(32)13-22(33)15-31/h7-8,11-14,19,25-26H,9-10,15H2,1-6H3,(H,35,39)(H,37,40)/t19-,25-,26+,31?/m1/s1. The Morgan fingerprint density at radius 2 is 2.00 bits per heavy atom. The van der Waals surface area contributed by atoms with Gasteiger partial charge in [-0.3, -0.25) is 14.4 Å². The van der Waals surface area contributed by atoms with Gasteiger partial charge in [-0.05, 0) is 77.3 Å². The van der Waals surface area contributed by atoms with Gasteiger partial charge < -0.3 is 15.0 Å². The number of rotatable bonds is 7. The first kappa shape index (κ1) is 31.0. The highest BCUT2D eigenvalue weighted by Crippen LogP contribution is 2.48. The van der Waals surface area contributed by atoms with Crippen LogP contribution in [0.5, 0.6) is 11.5 Å². The van der Waals surface area contributed by atoms with E-state index >= 15 is 0 Å². The smallest absolute Gasteiger partial charge is 0.307 e. The second-order valence-corrected chi connectivity index (χ2v) is 12.4. The van der Waals surface area contributed by atoms with Gasteiger partial charge in [0.2, 0.25) is 5.91 Å². The van der Waals surface area contributed by atoms with Crippen molar-refractivity contribution in [3.05, 3.63) is 74.5 Å². The first-order valence-corrected chi connectivity index (χ1v) is 14.2. The predicted molar refractivity (Wildman–Crippen MR) is 157 cm³/mol. The lowest BCUT2D eigenvalue weighted by molar-refractivity contribution is -0.139. The van der Waals surface area contributed by atoms with Crippen LogP contribution in [0.3, 0.4) is 0 Å². The maximum absolute atomic E-state index is 14.5. The van der Waals surface area contributed by atoms with Crippen LogP contribution in [-0.2, 0) is 4.79 Å². The molecule has 0 bridgehead atoms. The molecule has 1 aromatic carbocycles. The van der Waals surface area contributed by atoms with Crippen LogP contribution >= 0.6 is 11.6 Å². The highest BCUT2D eigenvalue weighted by molar-refractivity contribution is 6.31. The van der Waals surface area contributed by atoms with Crippen LogP contribution in [0.1, 0.15) is 68.6 Å². The molecule has 1 aliphatic carbocycles. The zero-order chi connectivity index (χ0) is 31.0. The maximum Gasteiger partial charge on any atom is 0.307 e. The summed E-state index contributed by atoms with van der Waals surface area (Å²) in [5.74, 6) is -0.732. The van der Waals surface area contributed by atoms with Crippen molar-refractivity contribution >= 4 is 23.4 Å². The first-order chi connectivity index (χ1) is 19.6. The summed E-state index contributed by atoms with van der Waals surface area (Å²) in [6.07, 6.45) is 4.26. The summed E-state index contributed by atoms with van der Waals surface area (Å²) in [5, 5.41) is 19.2. The van der Waals surface area contributed by atoms with E-state index in [1.54, 1.807) is 63.8 Å². The molecule has 0 radical (unpaired) electrons. The molecule has 42 heavy (non-hydrogen) atoms. The van der Waals surface area contributed by atoms with Gasteiger partial charge in [-0.25, -0.2) is 9.49 Å². The Bertz CT molecular complexity index is 1580. The van der Waals surface area contributed by atoms with Gasteiger partial charge in [0.15, 0.2) is 5.75 Å². The van der Waals surface area contributed by atoms with Gasteiger partial charge in [0.1, 0.15) is 17.6 Å². The molecule has 0 saturated carbocycles. The number of ether oxygens (including phenoxy) is 1. The number of likely N-dealkylation sites (tertiary alicyclic amines) is 1. The van der Waals surface area contributed by atoms with Crippen molar-refractivity contribution < 1.29 is 18.7 Å². The number of aryl methyl sites for hydroxylation is 2. The number of carbonyl (C=O) groups is 2. The number of aromatic nitrogens is 2. The number of halogens is 2. The summed E-state index contributed by atoms with van der Waals surface area (Å²) in [6, 6.07) is 6.77. The molecule has 2 heterocycles. The third-order valence-corrected chi connectivity index (χ3v) is 8.32. The quantitative estimate of drug-likeness (QED) is 0.429. The Morgan fingerprint density at radius 1 is 1.29 bits per heavy atom. The minimum absolute atomic E-state index is 0.0789. The molecule has 9 nitrogen and oxygen atoms in total. The van der Waals surface area contributed by atoms with E-state index < -0.39 is 40.4 Å². The maximum atomic E-state index is 14.5. The van der Waals surface area contributed by atoms with Crippen molar-refractivity contribution in [2.75, 3.05) is 0 Å². The lowest BCUT2D eigenvalue weighted by Crippen LogP contribution is -2.57. The van der Waals surface area contributed by atoms with E-state index in [9.17, 15) is 24.0 Å². The van der Waals surface area contributed by atoms with Crippen molar-refractivity contribution in [2.24, 2.45) is 10.8 Å². The van der Waals surface area contributed by atoms with Gasteiger partial charge in [0, 0.05) is 34.5 Å². The normalized spacial score (nSPS) is 23.0. The fraction of sp³-hybridized carbons (Fsp3) is 0.452. The van der Waals surface area contributed by atoms with Crippen molar-refractivity contribution in [3.8, 4) is 17.6 Å². The zero-order valence-corrected chi connectivity index (χ0v) is 25.3. The van der Waals surface area contributed by atoms with Crippen molar-refractivity contribution in [2.45, 2.75) is 78.9 Å². The van der Waals surface area contributed by atoms with Crippen LogP contribution in [0.4, 0.5) is 4.39 Å². The second kappa shape index (κ2) is 11.7.